The van der Waals surface area contributed by atoms with Crippen molar-refractivity contribution < 1.29 is 23.7 Å². The molecule has 0 aromatic carbocycles. The zero-order chi connectivity index (χ0) is 14.9. The predicted molar refractivity (Wildman–Crippen MR) is 69.5 cm³/mol. The molecule has 1 aromatic heterocycles. The van der Waals surface area contributed by atoms with Crippen LogP contribution in [0.1, 0.15) is 26.5 Å². The number of ether oxygens (including phenoxy) is 2. The first-order chi connectivity index (χ1) is 9.31. The van der Waals surface area contributed by atoms with E-state index in [1.807, 2.05) is 20.8 Å². The monoisotopic (exact) mass is 280 g/mol. The number of rotatable bonds is 0. The van der Waals surface area contributed by atoms with Crippen LogP contribution in [-0.2, 0) is 15.9 Å². The highest BCUT2D eigenvalue weighted by Gasteiger charge is 2.33. The van der Waals surface area contributed by atoms with Crippen LogP contribution >= 0.6 is 0 Å². The van der Waals surface area contributed by atoms with Crippen molar-refractivity contribution in [3.63, 3.8) is 0 Å². The molecule has 0 unspecified atom stereocenters. The number of hydrogen-bond acceptors (Lipinski definition) is 5. The molecule has 7 heteroatoms. The van der Waals surface area contributed by atoms with Crippen LogP contribution in [0.5, 0.6) is 0 Å². The highest BCUT2D eigenvalue weighted by molar-refractivity contribution is 5.89. The Hall–Kier alpha value is -2.18. The van der Waals surface area contributed by atoms with E-state index in [0.717, 1.165) is 4.68 Å². The van der Waals surface area contributed by atoms with Crippen molar-refractivity contribution in [2.45, 2.75) is 32.8 Å². The normalized spacial score (nSPS) is 13.9. The second-order valence-corrected chi connectivity index (χ2v) is 5.44. The van der Waals surface area contributed by atoms with Crippen molar-refractivity contribution in [2.75, 3.05) is 18.6 Å². The first-order valence-electron chi connectivity index (χ1n) is 6.32. The number of methoxy groups -OCH3 is 1. The van der Waals surface area contributed by atoms with E-state index in [4.69, 9.17) is 4.74 Å². The average Bonchev–Trinajstić information content (AvgIpc) is 2.78. The summed E-state index contributed by atoms with van der Waals surface area (Å²) in [6.45, 7) is 5.94. The molecule has 0 spiro atoms. The lowest BCUT2D eigenvalue weighted by Gasteiger charge is -2.24. The van der Waals surface area contributed by atoms with Gasteiger partial charge in [0.2, 0.25) is 6.20 Å². The van der Waals surface area contributed by atoms with Gasteiger partial charge >= 0.3 is 12.2 Å². The summed E-state index contributed by atoms with van der Waals surface area (Å²) >= 11 is 0. The SMILES string of the molecule is COC(=O)[n+]1ccc2c(n1)CCN2C(=O)OC(C)(C)C. The van der Waals surface area contributed by atoms with Crippen LogP contribution in [0.25, 0.3) is 0 Å². The molecule has 0 atom stereocenters. The van der Waals surface area contributed by atoms with E-state index in [0.29, 0.717) is 24.3 Å². The minimum atomic E-state index is -0.566. The van der Waals surface area contributed by atoms with Gasteiger partial charge in [-0.15, -0.1) is 0 Å². The molecule has 1 aromatic rings. The van der Waals surface area contributed by atoms with E-state index < -0.39 is 17.8 Å². The van der Waals surface area contributed by atoms with Crippen LogP contribution in [-0.4, -0.2) is 36.5 Å². The standard InChI is InChI=1S/C13H18N3O4/c1-13(2,3)20-11(17)15-7-5-9-10(15)6-8-16(14-9)12(18)19-4/h6,8H,5,7H2,1-4H3/q+1. The molecule has 0 aliphatic carbocycles. The maximum Gasteiger partial charge on any atom is 0.628 e. The third-order valence-electron chi connectivity index (χ3n) is 2.74. The lowest BCUT2D eigenvalue weighted by Crippen LogP contribution is -2.46. The van der Waals surface area contributed by atoms with Crippen molar-refractivity contribution in [1.29, 1.82) is 0 Å². The van der Waals surface area contributed by atoms with E-state index in [1.165, 1.54) is 18.2 Å². The summed E-state index contributed by atoms with van der Waals surface area (Å²) in [6.07, 6.45) is 1.07. The van der Waals surface area contributed by atoms with Gasteiger partial charge in [0.15, 0.2) is 0 Å². The van der Waals surface area contributed by atoms with Gasteiger partial charge in [0, 0.05) is 28.8 Å². The third-order valence-corrected chi connectivity index (χ3v) is 2.74. The van der Waals surface area contributed by atoms with Gasteiger partial charge in [-0.05, 0) is 20.8 Å². The van der Waals surface area contributed by atoms with Crippen molar-refractivity contribution in [3.05, 3.63) is 18.0 Å². The number of aromatic nitrogens is 2. The molecule has 0 fully saturated rings. The Morgan fingerprint density at radius 2 is 2.10 bits per heavy atom. The quantitative estimate of drug-likeness (QED) is 0.669. The number of carbonyl (C=O) groups is 2. The lowest BCUT2D eigenvalue weighted by molar-refractivity contribution is -0.648. The van der Waals surface area contributed by atoms with Crippen molar-refractivity contribution in [3.8, 4) is 0 Å². The van der Waals surface area contributed by atoms with Gasteiger partial charge in [0.25, 0.3) is 0 Å². The molecule has 20 heavy (non-hydrogen) atoms. The first kappa shape index (κ1) is 14.2. The highest BCUT2D eigenvalue weighted by atomic mass is 16.6. The summed E-state index contributed by atoms with van der Waals surface area (Å²) in [5, 5.41) is 4.15. The molecule has 2 rings (SSSR count). The minimum absolute atomic E-state index is 0.408. The summed E-state index contributed by atoms with van der Waals surface area (Å²) < 4.78 is 11.0. The first-order valence-corrected chi connectivity index (χ1v) is 6.32. The average molecular weight is 280 g/mol. The second-order valence-electron chi connectivity index (χ2n) is 5.44. The molecule has 0 N–H and O–H groups in total. The summed E-state index contributed by atoms with van der Waals surface area (Å²) in [7, 11) is 1.29. The van der Waals surface area contributed by atoms with E-state index >= 15 is 0 Å². The molecule has 0 bridgehead atoms. The molecule has 1 aliphatic rings. The maximum atomic E-state index is 12.1. The molecule has 2 heterocycles. The molecule has 1 aliphatic heterocycles. The highest BCUT2D eigenvalue weighted by Crippen LogP contribution is 2.26. The van der Waals surface area contributed by atoms with Crippen LogP contribution in [0.4, 0.5) is 15.3 Å². The van der Waals surface area contributed by atoms with Gasteiger partial charge in [-0.1, -0.05) is 0 Å². The van der Waals surface area contributed by atoms with Crippen LogP contribution in [0.2, 0.25) is 0 Å². The van der Waals surface area contributed by atoms with Gasteiger partial charge in [-0.3, -0.25) is 4.90 Å². The molecular formula is C13H18N3O4+. The van der Waals surface area contributed by atoms with Gasteiger partial charge in [-0.25, -0.2) is 4.79 Å². The van der Waals surface area contributed by atoms with Crippen molar-refractivity contribution in [1.82, 2.24) is 5.10 Å². The van der Waals surface area contributed by atoms with Gasteiger partial charge in [-0.2, -0.15) is 4.79 Å². The number of fused-ring (bicyclic) bond motifs is 1. The Kier molecular flexibility index (Phi) is 3.61. The summed E-state index contributed by atoms with van der Waals surface area (Å²) in [5.74, 6) is 0. The van der Waals surface area contributed by atoms with Gasteiger partial charge in [0.1, 0.15) is 11.3 Å². The lowest BCUT2D eigenvalue weighted by atomic mass is 10.2. The van der Waals surface area contributed by atoms with E-state index in [2.05, 4.69) is 9.84 Å². The molecule has 7 nitrogen and oxygen atoms in total. The zero-order valence-corrected chi connectivity index (χ0v) is 12.0. The Morgan fingerprint density at radius 3 is 2.70 bits per heavy atom. The Labute approximate surface area is 117 Å². The van der Waals surface area contributed by atoms with Crippen molar-refractivity contribution >= 4 is 17.9 Å². The van der Waals surface area contributed by atoms with Gasteiger partial charge in [0.05, 0.1) is 12.8 Å². The zero-order valence-electron chi connectivity index (χ0n) is 12.0. The number of amides is 1. The third kappa shape index (κ3) is 2.87. The van der Waals surface area contributed by atoms with E-state index in [9.17, 15) is 9.59 Å². The van der Waals surface area contributed by atoms with Crippen LogP contribution < -0.4 is 9.58 Å². The Bertz CT molecular complexity index is 551. The molecule has 0 radical (unpaired) electrons. The number of carbonyl (C=O) groups excluding carboxylic acids is 2. The minimum Gasteiger partial charge on any atom is -0.443 e. The smallest absolute Gasteiger partial charge is 0.443 e. The molecular weight excluding hydrogens is 262 g/mol. The topological polar surface area (TPSA) is 72.6 Å². The molecule has 0 saturated heterocycles. The fourth-order valence-corrected chi connectivity index (χ4v) is 1.92. The van der Waals surface area contributed by atoms with Crippen LogP contribution in [0, 0.1) is 0 Å². The fraction of sp³-hybridized carbons (Fsp3) is 0.538. The van der Waals surface area contributed by atoms with Gasteiger partial charge < -0.3 is 9.47 Å². The second kappa shape index (κ2) is 5.07. The Morgan fingerprint density at radius 1 is 1.40 bits per heavy atom. The maximum absolute atomic E-state index is 12.1. The Balaban J connectivity index is 2.21. The summed E-state index contributed by atoms with van der Waals surface area (Å²) in [6, 6.07) is 1.66. The number of hydrogen-bond donors (Lipinski definition) is 0. The number of nitrogens with zero attached hydrogens (tertiary/aromatic N) is 3. The molecule has 1 amide bonds. The van der Waals surface area contributed by atoms with Crippen LogP contribution in [0.3, 0.4) is 0 Å². The fourth-order valence-electron chi connectivity index (χ4n) is 1.92. The number of anilines is 1. The van der Waals surface area contributed by atoms with E-state index in [-0.39, 0.29) is 0 Å². The molecule has 108 valence electrons. The molecule has 0 saturated carbocycles. The summed E-state index contributed by atoms with van der Waals surface area (Å²) in [4.78, 5) is 25.0. The van der Waals surface area contributed by atoms with Crippen LogP contribution in [0.15, 0.2) is 12.3 Å². The van der Waals surface area contributed by atoms with Crippen molar-refractivity contribution in [2.24, 2.45) is 0 Å². The predicted octanol–water partition coefficient (Wildman–Crippen LogP) is 1.28. The summed E-state index contributed by atoms with van der Waals surface area (Å²) in [5.41, 5.74) is 0.789. The van der Waals surface area contributed by atoms with E-state index in [1.54, 1.807) is 6.07 Å². The largest absolute Gasteiger partial charge is 0.628 e.